The van der Waals surface area contributed by atoms with Crippen LogP contribution in [0, 0.1) is 10.1 Å². The second-order valence-electron chi connectivity index (χ2n) is 8.10. The van der Waals surface area contributed by atoms with E-state index in [0.717, 1.165) is 28.6 Å². The van der Waals surface area contributed by atoms with Crippen LogP contribution in [0.5, 0.6) is 0 Å². The summed E-state index contributed by atoms with van der Waals surface area (Å²) in [6.07, 6.45) is 1.20. The van der Waals surface area contributed by atoms with Crippen LogP contribution < -0.4 is 0 Å². The number of aromatic nitrogens is 1. The molecule has 2 atom stereocenters. The lowest BCUT2D eigenvalue weighted by Gasteiger charge is -2.47. The number of nitrogens with one attached hydrogen (secondary N) is 1. The number of carbonyl (C=O) groups is 2. The molecule has 3 aromatic rings. The molecule has 1 saturated heterocycles. The van der Waals surface area contributed by atoms with Crippen molar-refractivity contribution in [3.63, 3.8) is 0 Å². The predicted octanol–water partition coefficient (Wildman–Crippen LogP) is 3.17. The van der Waals surface area contributed by atoms with Crippen molar-refractivity contribution in [1.29, 1.82) is 0 Å². The molecule has 2 aliphatic rings. The maximum absolute atomic E-state index is 13.3. The first-order valence-corrected chi connectivity index (χ1v) is 10.4. The Labute approximate surface area is 178 Å². The number of H-pyrrole nitrogens is 1. The molecule has 2 unspecified atom stereocenters. The summed E-state index contributed by atoms with van der Waals surface area (Å²) in [5, 5.41) is 12.4. The Morgan fingerprint density at radius 3 is 2.74 bits per heavy atom. The monoisotopic (exact) mass is 418 g/mol. The summed E-state index contributed by atoms with van der Waals surface area (Å²) in [6, 6.07) is 13.0. The van der Waals surface area contributed by atoms with Crippen LogP contribution in [-0.2, 0) is 16.0 Å². The van der Waals surface area contributed by atoms with Gasteiger partial charge in [0.1, 0.15) is 6.04 Å². The fraction of sp³-hybridized carbons (Fsp3) is 0.304. The minimum Gasteiger partial charge on any atom is -0.356 e. The molecule has 2 amide bonds. The normalized spacial score (nSPS) is 20.7. The Morgan fingerprint density at radius 2 is 1.97 bits per heavy atom. The zero-order valence-electron chi connectivity index (χ0n) is 17.1. The van der Waals surface area contributed by atoms with Gasteiger partial charge in [-0.05, 0) is 23.6 Å². The molecular weight excluding hydrogens is 396 g/mol. The van der Waals surface area contributed by atoms with Crippen LogP contribution in [0.4, 0.5) is 5.69 Å². The van der Waals surface area contributed by atoms with Crippen molar-refractivity contribution in [3.05, 3.63) is 75.5 Å². The predicted molar refractivity (Wildman–Crippen MR) is 114 cm³/mol. The minimum atomic E-state index is -0.622. The van der Waals surface area contributed by atoms with E-state index in [9.17, 15) is 19.7 Å². The van der Waals surface area contributed by atoms with Crippen LogP contribution >= 0.6 is 0 Å². The molecule has 158 valence electrons. The maximum atomic E-state index is 13.3. The van der Waals surface area contributed by atoms with E-state index in [4.69, 9.17) is 0 Å². The van der Waals surface area contributed by atoms with E-state index in [1.165, 1.54) is 12.1 Å². The molecule has 1 aromatic heterocycles. The van der Waals surface area contributed by atoms with Gasteiger partial charge in [0, 0.05) is 41.7 Å². The number of amides is 2. The third kappa shape index (κ3) is 2.98. The maximum Gasteiger partial charge on any atom is 0.269 e. The van der Waals surface area contributed by atoms with Gasteiger partial charge in [0.15, 0.2) is 0 Å². The number of para-hydroxylation sites is 1. The standard InChI is InChI=1S/C23H22N4O4/c1-2-10-25-13-20(28)26-19(23(25)29)12-17-16-8-3-4-9-18(16)24-21(17)22(26)14-6-5-7-15(11-14)27(30)31/h3-9,11,19,22,24H,2,10,12-13H2,1H3. The molecule has 8 heteroatoms. The van der Waals surface area contributed by atoms with E-state index in [1.54, 1.807) is 21.9 Å². The quantitative estimate of drug-likeness (QED) is 0.520. The van der Waals surface area contributed by atoms with Gasteiger partial charge in [0.2, 0.25) is 11.8 Å². The number of nitro benzene ring substituents is 1. The summed E-state index contributed by atoms with van der Waals surface area (Å²) < 4.78 is 0. The number of non-ortho nitro benzene ring substituents is 1. The molecule has 8 nitrogen and oxygen atoms in total. The average Bonchev–Trinajstić information content (AvgIpc) is 3.14. The summed E-state index contributed by atoms with van der Waals surface area (Å²) in [4.78, 5) is 44.2. The molecule has 2 aliphatic heterocycles. The second-order valence-corrected chi connectivity index (χ2v) is 8.10. The first-order chi connectivity index (χ1) is 15.0. The Hall–Kier alpha value is -3.68. The van der Waals surface area contributed by atoms with Crippen molar-refractivity contribution < 1.29 is 14.5 Å². The van der Waals surface area contributed by atoms with E-state index < -0.39 is 17.0 Å². The number of piperazine rings is 1. The van der Waals surface area contributed by atoms with E-state index in [-0.39, 0.29) is 24.0 Å². The number of fused-ring (bicyclic) bond motifs is 4. The molecule has 5 rings (SSSR count). The van der Waals surface area contributed by atoms with Crippen molar-refractivity contribution in [2.75, 3.05) is 13.1 Å². The lowest BCUT2D eigenvalue weighted by molar-refractivity contribution is -0.384. The molecular formula is C23H22N4O4. The Balaban J connectivity index is 1.71. The number of benzene rings is 2. The Bertz CT molecular complexity index is 1220. The van der Waals surface area contributed by atoms with Crippen molar-refractivity contribution >= 4 is 28.4 Å². The highest BCUT2D eigenvalue weighted by Crippen LogP contribution is 2.43. The van der Waals surface area contributed by atoms with Crippen LogP contribution in [0.15, 0.2) is 48.5 Å². The van der Waals surface area contributed by atoms with Gasteiger partial charge in [-0.15, -0.1) is 0 Å². The van der Waals surface area contributed by atoms with Crippen molar-refractivity contribution in [1.82, 2.24) is 14.8 Å². The number of hydrogen-bond donors (Lipinski definition) is 1. The molecule has 0 saturated carbocycles. The summed E-state index contributed by atoms with van der Waals surface area (Å²) in [5.41, 5.74) is 3.32. The SMILES string of the molecule is CCCN1CC(=O)N2C(Cc3c([nH]c4ccccc34)C2c2cccc([N+](=O)[O-])c2)C1=O. The van der Waals surface area contributed by atoms with E-state index in [0.29, 0.717) is 18.5 Å². The van der Waals surface area contributed by atoms with Gasteiger partial charge in [-0.3, -0.25) is 19.7 Å². The topological polar surface area (TPSA) is 99.6 Å². The average molecular weight is 418 g/mol. The van der Waals surface area contributed by atoms with Gasteiger partial charge in [-0.25, -0.2) is 0 Å². The lowest BCUT2D eigenvalue weighted by atomic mass is 9.86. The third-order valence-corrected chi connectivity index (χ3v) is 6.23. The number of carbonyl (C=O) groups excluding carboxylic acids is 2. The highest BCUT2D eigenvalue weighted by molar-refractivity contribution is 5.97. The van der Waals surface area contributed by atoms with Gasteiger partial charge in [-0.1, -0.05) is 37.3 Å². The molecule has 1 fully saturated rings. The molecule has 31 heavy (non-hydrogen) atoms. The van der Waals surface area contributed by atoms with E-state index in [1.807, 2.05) is 31.2 Å². The van der Waals surface area contributed by atoms with Gasteiger partial charge in [0.05, 0.1) is 17.5 Å². The van der Waals surface area contributed by atoms with Crippen molar-refractivity contribution in [2.45, 2.75) is 31.8 Å². The van der Waals surface area contributed by atoms with Crippen LogP contribution in [0.2, 0.25) is 0 Å². The van der Waals surface area contributed by atoms with E-state index >= 15 is 0 Å². The number of aromatic amines is 1. The van der Waals surface area contributed by atoms with Crippen LogP contribution in [-0.4, -0.2) is 50.7 Å². The minimum absolute atomic E-state index is 0.0319. The van der Waals surface area contributed by atoms with Gasteiger partial charge >= 0.3 is 0 Å². The fourth-order valence-electron chi connectivity index (χ4n) is 4.94. The first-order valence-electron chi connectivity index (χ1n) is 10.4. The smallest absolute Gasteiger partial charge is 0.269 e. The van der Waals surface area contributed by atoms with Crippen LogP contribution in [0.1, 0.15) is 36.2 Å². The summed E-state index contributed by atoms with van der Waals surface area (Å²) in [7, 11) is 0. The zero-order valence-corrected chi connectivity index (χ0v) is 17.1. The largest absolute Gasteiger partial charge is 0.356 e. The molecule has 0 aliphatic carbocycles. The molecule has 0 spiro atoms. The molecule has 3 heterocycles. The van der Waals surface area contributed by atoms with Gasteiger partial charge in [0.25, 0.3) is 5.69 Å². The second kappa shape index (κ2) is 7.23. The summed E-state index contributed by atoms with van der Waals surface area (Å²) in [5.74, 6) is -0.202. The van der Waals surface area contributed by atoms with Gasteiger partial charge in [-0.2, -0.15) is 0 Å². The van der Waals surface area contributed by atoms with E-state index in [2.05, 4.69) is 4.98 Å². The zero-order chi connectivity index (χ0) is 21.7. The first kappa shape index (κ1) is 19.3. The van der Waals surface area contributed by atoms with Crippen molar-refractivity contribution in [2.24, 2.45) is 0 Å². The highest BCUT2D eigenvalue weighted by atomic mass is 16.6. The fourth-order valence-corrected chi connectivity index (χ4v) is 4.94. The summed E-state index contributed by atoms with van der Waals surface area (Å²) in [6.45, 7) is 2.55. The number of nitrogens with zero attached hydrogens (tertiary/aromatic N) is 3. The Morgan fingerprint density at radius 1 is 1.16 bits per heavy atom. The highest BCUT2D eigenvalue weighted by Gasteiger charge is 2.48. The van der Waals surface area contributed by atoms with Crippen molar-refractivity contribution in [3.8, 4) is 0 Å². The molecule has 1 N–H and O–H groups in total. The number of rotatable bonds is 4. The third-order valence-electron chi connectivity index (χ3n) is 6.23. The molecule has 2 aromatic carbocycles. The number of hydrogen-bond acceptors (Lipinski definition) is 4. The van der Waals surface area contributed by atoms with Gasteiger partial charge < -0.3 is 14.8 Å². The summed E-state index contributed by atoms with van der Waals surface area (Å²) >= 11 is 0. The number of nitro groups is 1. The lowest BCUT2D eigenvalue weighted by Crippen LogP contribution is -2.63. The van der Waals surface area contributed by atoms with Crippen LogP contribution in [0.3, 0.4) is 0 Å². The van der Waals surface area contributed by atoms with Crippen LogP contribution in [0.25, 0.3) is 10.9 Å². The molecule has 0 radical (unpaired) electrons. The Kier molecular flexibility index (Phi) is 4.50. The molecule has 0 bridgehead atoms.